The van der Waals surface area contributed by atoms with Gasteiger partial charge in [-0.15, -0.1) is 0 Å². The Morgan fingerprint density at radius 2 is 2.14 bits per heavy atom. The van der Waals surface area contributed by atoms with Crippen LogP contribution in [0.5, 0.6) is 5.75 Å². The molecule has 0 spiro atoms. The summed E-state index contributed by atoms with van der Waals surface area (Å²) in [6, 6.07) is 11.2. The molecule has 1 aromatic carbocycles. The summed E-state index contributed by atoms with van der Waals surface area (Å²) in [5.41, 5.74) is 5.23. The van der Waals surface area contributed by atoms with Gasteiger partial charge in [-0.25, -0.2) is 5.43 Å². The lowest BCUT2D eigenvalue weighted by atomic mass is 10.1. The topological polar surface area (TPSA) is 63.6 Å². The minimum Gasteiger partial charge on any atom is -0.483 e. The van der Waals surface area contributed by atoms with E-state index in [4.69, 9.17) is 4.74 Å². The summed E-state index contributed by atoms with van der Waals surface area (Å²) in [7, 11) is 0. The Morgan fingerprint density at radius 3 is 2.90 bits per heavy atom. The molecule has 0 aliphatic heterocycles. The molecule has 21 heavy (non-hydrogen) atoms. The van der Waals surface area contributed by atoms with Crippen LogP contribution in [0, 0.1) is 13.8 Å². The van der Waals surface area contributed by atoms with Gasteiger partial charge in [0.2, 0.25) is 0 Å². The van der Waals surface area contributed by atoms with Gasteiger partial charge >= 0.3 is 0 Å². The molecule has 0 fully saturated rings. The minimum absolute atomic E-state index is 0.0795. The van der Waals surface area contributed by atoms with Gasteiger partial charge < -0.3 is 4.74 Å². The van der Waals surface area contributed by atoms with Crippen molar-refractivity contribution in [3.63, 3.8) is 0 Å². The number of carbonyl (C=O) groups is 1. The van der Waals surface area contributed by atoms with Crippen molar-refractivity contribution in [2.24, 2.45) is 5.10 Å². The first kappa shape index (κ1) is 14.7. The number of pyridine rings is 1. The standard InChI is InChI=1S/C16H17N3O2/c1-12-6-5-8-15(13(12)2)21-11-16(20)19-18-10-14-7-3-4-9-17-14/h3-10H,11H2,1-2H3,(H,19,20)/b18-10+. The molecule has 1 amide bonds. The zero-order chi connectivity index (χ0) is 15.1. The quantitative estimate of drug-likeness (QED) is 0.676. The molecule has 0 aliphatic rings. The van der Waals surface area contributed by atoms with Crippen LogP contribution in [-0.2, 0) is 4.79 Å². The first-order valence-electron chi connectivity index (χ1n) is 6.59. The van der Waals surface area contributed by atoms with E-state index in [0.29, 0.717) is 11.4 Å². The Morgan fingerprint density at radius 1 is 1.29 bits per heavy atom. The minimum atomic E-state index is -0.317. The molecule has 0 saturated heterocycles. The van der Waals surface area contributed by atoms with Crippen molar-refractivity contribution in [1.82, 2.24) is 10.4 Å². The fraction of sp³-hybridized carbons (Fsp3) is 0.188. The molecule has 0 saturated carbocycles. The first-order chi connectivity index (χ1) is 10.2. The normalized spacial score (nSPS) is 10.6. The molecule has 1 aromatic heterocycles. The number of aryl methyl sites for hydroxylation is 1. The second kappa shape index (κ2) is 7.19. The number of rotatable bonds is 5. The van der Waals surface area contributed by atoms with Crippen molar-refractivity contribution < 1.29 is 9.53 Å². The molecule has 2 rings (SSSR count). The fourth-order valence-electron chi connectivity index (χ4n) is 1.68. The van der Waals surface area contributed by atoms with Crippen molar-refractivity contribution in [2.75, 3.05) is 6.61 Å². The number of ether oxygens (including phenoxy) is 1. The number of nitrogens with one attached hydrogen (secondary N) is 1. The SMILES string of the molecule is Cc1cccc(OCC(=O)N/N=C/c2ccccn2)c1C. The number of nitrogens with zero attached hydrogens (tertiary/aromatic N) is 2. The summed E-state index contributed by atoms with van der Waals surface area (Å²) in [6.45, 7) is 3.88. The van der Waals surface area contributed by atoms with Crippen molar-refractivity contribution in [3.8, 4) is 5.75 Å². The van der Waals surface area contributed by atoms with Crippen LogP contribution in [0.2, 0.25) is 0 Å². The number of amides is 1. The van der Waals surface area contributed by atoms with Crippen molar-refractivity contribution >= 4 is 12.1 Å². The van der Waals surface area contributed by atoms with Crippen molar-refractivity contribution in [3.05, 3.63) is 59.4 Å². The predicted molar refractivity (Wildman–Crippen MR) is 81.4 cm³/mol. The van der Waals surface area contributed by atoms with E-state index >= 15 is 0 Å². The lowest BCUT2D eigenvalue weighted by Gasteiger charge is -2.09. The zero-order valence-corrected chi connectivity index (χ0v) is 12.0. The lowest BCUT2D eigenvalue weighted by molar-refractivity contribution is -0.123. The number of hydrogen-bond donors (Lipinski definition) is 1. The summed E-state index contributed by atoms with van der Waals surface area (Å²) in [6.07, 6.45) is 3.14. The molecule has 2 aromatic rings. The first-order valence-corrected chi connectivity index (χ1v) is 6.59. The van der Waals surface area contributed by atoms with E-state index in [0.717, 1.165) is 11.1 Å². The van der Waals surface area contributed by atoms with Crippen LogP contribution in [0.1, 0.15) is 16.8 Å². The van der Waals surface area contributed by atoms with Crippen LogP contribution in [-0.4, -0.2) is 23.7 Å². The molecule has 108 valence electrons. The van der Waals surface area contributed by atoms with Crippen molar-refractivity contribution in [1.29, 1.82) is 0 Å². The van der Waals surface area contributed by atoms with Gasteiger partial charge in [-0.05, 0) is 43.2 Å². The highest BCUT2D eigenvalue weighted by Gasteiger charge is 2.05. The Kier molecular flexibility index (Phi) is 5.04. The van der Waals surface area contributed by atoms with Gasteiger partial charge in [0.25, 0.3) is 5.91 Å². The molecule has 0 atom stereocenters. The van der Waals surface area contributed by atoms with E-state index in [1.807, 2.05) is 44.2 Å². The van der Waals surface area contributed by atoms with Gasteiger partial charge in [0.1, 0.15) is 5.75 Å². The third-order valence-corrected chi connectivity index (χ3v) is 2.99. The summed E-state index contributed by atoms with van der Waals surface area (Å²) >= 11 is 0. The number of carbonyl (C=O) groups excluding carboxylic acids is 1. The molecular weight excluding hydrogens is 266 g/mol. The highest BCUT2D eigenvalue weighted by atomic mass is 16.5. The van der Waals surface area contributed by atoms with E-state index in [1.165, 1.54) is 6.21 Å². The molecule has 1 heterocycles. The van der Waals surface area contributed by atoms with Gasteiger partial charge in [-0.2, -0.15) is 5.10 Å². The summed E-state index contributed by atoms with van der Waals surface area (Å²) in [5, 5.41) is 3.83. The number of aromatic nitrogens is 1. The Balaban J connectivity index is 1.83. The van der Waals surface area contributed by atoms with Crippen LogP contribution in [0.25, 0.3) is 0 Å². The maximum absolute atomic E-state index is 11.6. The van der Waals surface area contributed by atoms with E-state index in [9.17, 15) is 4.79 Å². The molecule has 0 unspecified atom stereocenters. The molecule has 5 heteroatoms. The smallest absolute Gasteiger partial charge is 0.277 e. The average molecular weight is 283 g/mol. The monoisotopic (exact) mass is 283 g/mol. The van der Waals surface area contributed by atoms with Crippen LogP contribution < -0.4 is 10.2 Å². The third-order valence-electron chi connectivity index (χ3n) is 2.99. The largest absolute Gasteiger partial charge is 0.483 e. The predicted octanol–water partition coefficient (Wildman–Crippen LogP) is 2.23. The Labute approximate surface area is 123 Å². The Bertz CT molecular complexity index is 639. The lowest BCUT2D eigenvalue weighted by Crippen LogP contribution is -2.24. The Hall–Kier alpha value is -2.69. The molecule has 0 bridgehead atoms. The van der Waals surface area contributed by atoms with Crippen LogP contribution in [0.3, 0.4) is 0 Å². The highest BCUT2D eigenvalue weighted by molar-refractivity contribution is 5.81. The number of benzene rings is 1. The number of hydrazone groups is 1. The van der Waals surface area contributed by atoms with Gasteiger partial charge in [0, 0.05) is 6.20 Å². The van der Waals surface area contributed by atoms with Crippen LogP contribution in [0.15, 0.2) is 47.7 Å². The summed E-state index contributed by atoms with van der Waals surface area (Å²) in [5.74, 6) is 0.391. The number of hydrogen-bond acceptors (Lipinski definition) is 4. The van der Waals surface area contributed by atoms with Crippen LogP contribution in [0.4, 0.5) is 0 Å². The van der Waals surface area contributed by atoms with Gasteiger partial charge in [-0.3, -0.25) is 9.78 Å². The van der Waals surface area contributed by atoms with Gasteiger partial charge in [0.05, 0.1) is 11.9 Å². The maximum Gasteiger partial charge on any atom is 0.277 e. The third kappa shape index (κ3) is 4.42. The fourth-order valence-corrected chi connectivity index (χ4v) is 1.68. The molecule has 5 nitrogen and oxygen atoms in total. The van der Waals surface area contributed by atoms with E-state index in [2.05, 4.69) is 15.5 Å². The van der Waals surface area contributed by atoms with Crippen LogP contribution >= 0.6 is 0 Å². The van der Waals surface area contributed by atoms with Gasteiger partial charge in [0.15, 0.2) is 6.61 Å². The maximum atomic E-state index is 11.6. The van der Waals surface area contributed by atoms with E-state index < -0.39 is 0 Å². The zero-order valence-electron chi connectivity index (χ0n) is 12.0. The van der Waals surface area contributed by atoms with E-state index in [1.54, 1.807) is 12.3 Å². The highest BCUT2D eigenvalue weighted by Crippen LogP contribution is 2.20. The van der Waals surface area contributed by atoms with E-state index in [-0.39, 0.29) is 12.5 Å². The second-order valence-electron chi connectivity index (χ2n) is 4.53. The second-order valence-corrected chi connectivity index (χ2v) is 4.53. The van der Waals surface area contributed by atoms with Crippen molar-refractivity contribution in [2.45, 2.75) is 13.8 Å². The molecule has 0 aliphatic carbocycles. The molecule has 1 N–H and O–H groups in total. The molecule has 0 radical (unpaired) electrons. The summed E-state index contributed by atoms with van der Waals surface area (Å²) < 4.78 is 5.48. The summed E-state index contributed by atoms with van der Waals surface area (Å²) in [4.78, 5) is 15.7. The molecular formula is C16H17N3O2. The average Bonchev–Trinajstić information content (AvgIpc) is 2.50. The van der Waals surface area contributed by atoms with Gasteiger partial charge in [-0.1, -0.05) is 18.2 Å².